The first kappa shape index (κ1) is 12.1. The van der Waals surface area contributed by atoms with Crippen LogP contribution in [0, 0.1) is 5.92 Å². The highest BCUT2D eigenvalue weighted by atomic mass is 16.5. The Labute approximate surface area is 102 Å². The first-order chi connectivity index (χ1) is 8.33. The first-order valence-corrected chi connectivity index (χ1v) is 6.09. The minimum atomic E-state index is 0.582. The van der Waals surface area contributed by atoms with Crippen molar-refractivity contribution in [3.8, 4) is 5.88 Å². The molecule has 17 heavy (non-hydrogen) atoms. The van der Waals surface area contributed by atoms with Gasteiger partial charge in [-0.3, -0.25) is 4.98 Å². The molecule has 1 unspecified atom stereocenters. The molecule has 1 aliphatic rings. The van der Waals surface area contributed by atoms with E-state index in [1.54, 1.807) is 13.3 Å². The summed E-state index contributed by atoms with van der Waals surface area (Å²) >= 11 is 0. The molecule has 1 aromatic heterocycles. The van der Waals surface area contributed by atoms with Crippen LogP contribution in [0.5, 0.6) is 5.88 Å². The van der Waals surface area contributed by atoms with Crippen molar-refractivity contribution in [3.63, 3.8) is 0 Å². The minimum absolute atomic E-state index is 0.582. The third-order valence-corrected chi connectivity index (χ3v) is 3.14. The molecule has 1 saturated heterocycles. The van der Waals surface area contributed by atoms with E-state index < -0.39 is 0 Å². The molecule has 1 aromatic rings. The van der Waals surface area contributed by atoms with Crippen molar-refractivity contribution >= 4 is 5.82 Å². The minimum Gasteiger partial charge on any atom is -0.480 e. The SMILES string of the molecule is CNCC1CCCN(c2cncc(OC)n2)C1. The smallest absolute Gasteiger partial charge is 0.233 e. The van der Waals surface area contributed by atoms with Crippen LogP contribution in [-0.2, 0) is 0 Å². The maximum absolute atomic E-state index is 5.11. The van der Waals surface area contributed by atoms with Crippen LogP contribution in [-0.4, -0.2) is 43.8 Å². The lowest BCUT2D eigenvalue weighted by Gasteiger charge is -2.33. The Morgan fingerprint density at radius 2 is 2.41 bits per heavy atom. The van der Waals surface area contributed by atoms with Gasteiger partial charge in [-0.25, -0.2) is 0 Å². The first-order valence-electron chi connectivity index (χ1n) is 6.09. The van der Waals surface area contributed by atoms with Crippen LogP contribution in [0.3, 0.4) is 0 Å². The number of hydrogen-bond acceptors (Lipinski definition) is 5. The third kappa shape index (κ3) is 3.06. The van der Waals surface area contributed by atoms with Gasteiger partial charge in [-0.05, 0) is 32.4 Å². The van der Waals surface area contributed by atoms with E-state index in [4.69, 9.17) is 4.74 Å². The molecule has 0 bridgehead atoms. The van der Waals surface area contributed by atoms with Gasteiger partial charge in [0.15, 0.2) is 5.82 Å². The zero-order chi connectivity index (χ0) is 12.1. The molecule has 1 N–H and O–H groups in total. The normalized spacial score (nSPS) is 20.4. The largest absolute Gasteiger partial charge is 0.480 e. The quantitative estimate of drug-likeness (QED) is 0.842. The Hall–Kier alpha value is -1.36. The van der Waals surface area contributed by atoms with Gasteiger partial charge >= 0.3 is 0 Å². The molecule has 0 aromatic carbocycles. The molecule has 0 spiro atoms. The van der Waals surface area contributed by atoms with E-state index >= 15 is 0 Å². The summed E-state index contributed by atoms with van der Waals surface area (Å²) in [5, 5.41) is 3.24. The summed E-state index contributed by atoms with van der Waals surface area (Å²) in [5.74, 6) is 2.20. The van der Waals surface area contributed by atoms with Gasteiger partial charge in [0.2, 0.25) is 5.88 Å². The van der Waals surface area contributed by atoms with Gasteiger partial charge in [-0.2, -0.15) is 4.98 Å². The molecule has 5 heteroatoms. The fourth-order valence-corrected chi connectivity index (χ4v) is 2.32. The summed E-state index contributed by atoms with van der Waals surface area (Å²) in [4.78, 5) is 10.9. The van der Waals surface area contributed by atoms with Crippen LogP contribution in [0.4, 0.5) is 5.82 Å². The zero-order valence-corrected chi connectivity index (χ0v) is 10.5. The number of methoxy groups -OCH3 is 1. The highest BCUT2D eigenvalue weighted by Crippen LogP contribution is 2.21. The van der Waals surface area contributed by atoms with Crippen molar-refractivity contribution in [1.29, 1.82) is 0 Å². The third-order valence-electron chi connectivity index (χ3n) is 3.14. The lowest BCUT2D eigenvalue weighted by molar-refractivity contribution is 0.386. The molecule has 0 radical (unpaired) electrons. The summed E-state index contributed by atoms with van der Waals surface area (Å²) < 4.78 is 5.11. The fourth-order valence-electron chi connectivity index (χ4n) is 2.32. The second-order valence-corrected chi connectivity index (χ2v) is 4.43. The molecule has 94 valence electrons. The number of hydrogen-bond donors (Lipinski definition) is 1. The van der Waals surface area contributed by atoms with Crippen molar-refractivity contribution < 1.29 is 4.74 Å². The summed E-state index contributed by atoms with van der Waals surface area (Å²) in [6, 6.07) is 0. The predicted octanol–water partition coefficient (Wildman–Crippen LogP) is 0.921. The highest BCUT2D eigenvalue weighted by molar-refractivity contribution is 5.38. The summed E-state index contributed by atoms with van der Waals surface area (Å²) in [5.41, 5.74) is 0. The monoisotopic (exact) mass is 236 g/mol. The van der Waals surface area contributed by atoms with Gasteiger partial charge in [0.05, 0.1) is 19.5 Å². The fraction of sp³-hybridized carbons (Fsp3) is 0.667. The van der Waals surface area contributed by atoms with Crippen LogP contribution < -0.4 is 15.0 Å². The lowest BCUT2D eigenvalue weighted by Crippen LogP contribution is -2.39. The molecular formula is C12H20N4O. The molecule has 2 rings (SSSR count). The topological polar surface area (TPSA) is 50.3 Å². The van der Waals surface area contributed by atoms with Gasteiger partial charge in [-0.1, -0.05) is 0 Å². The molecule has 2 heterocycles. The molecule has 1 atom stereocenters. The van der Waals surface area contributed by atoms with Crippen molar-refractivity contribution in [2.75, 3.05) is 38.7 Å². The van der Waals surface area contributed by atoms with Crippen LogP contribution in [0.15, 0.2) is 12.4 Å². The van der Waals surface area contributed by atoms with Gasteiger partial charge in [-0.15, -0.1) is 0 Å². The summed E-state index contributed by atoms with van der Waals surface area (Å²) in [7, 11) is 3.62. The number of nitrogens with zero attached hydrogens (tertiary/aromatic N) is 3. The van der Waals surface area contributed by atoms with Gasteiger partial charge in [0, 0.05) is 13.1 Å². The van der Waals surface area contributed by atoms with Gasteiger partial charge < -0.3 is 15.0 Å². The molecule has 0 aliphatic carbocycles. The maximum Gasteiger partial charge on any atom is 0.233 e. The number of piperidine rings is 1. The van der Waals surface area contributed by atoms with Crippen LogP contribution in [0.25, 0.3) is 0 Å². The second-order valence-electron chi connectivity index (χ2n) is 4.43. The molecule has 1 fully saturated rings. The van der Waals surface area contributed by atoms with E-state index in [1.807, 2.05) is 13.2 Å². The van der Waals surface area contributed by atoms with Gasteiger partial charge in [0.1, 0.15) is 0 Å². The Balaban J connectivity index is 2.05. The average Bonchev–Trinajstić information content (AvgIpc) is 2.40. The van der Waals surface area contributed by atoms with Crippen molar-refractivity contribution in [2.24, 2.45) is 5.92 Å². The average molecular weight is 236 g/mol. The van der Waals surface area contributed by atoms with Crippen molar-refractivity contribution in [3.05, 3.63) is 12.4 Å². The van der Waals surface area contributed by atoms with E-state index in [-0.39, 0.29) is 0 Å². The summed E-state index contributed by atoms with van der Waals surface area (Å²) in [6.45, 7) is 3.17. The van der Waals surface area contributed by atoms with Crippen LogP contribution >= 0.6 is 0 Å². The second kappa shape index (κ2) is 5.82. The van der Waals surface area contributed by atoms with E-state index in [9.17, 15) is 0 Å². The molecule has 0 amide bonds. The lowest BCUT2D eigenvalue weighted by atomic mass is 9.98. The Morgan fingerprint density at radius 3 is 3.18 bits per heavy atom. The maximum atomic E-state index is 5.11. The number of rotatable bonds is 4. The highest BCUT2D eigenvalue weighted by Gasteiger charge is 2.20. The number of anilines is 1. The van der Waals surface area contributed by atoms with Crippen LogP contribution in [0.1, 0.15) is 12.8 Å². The van der Waals surface area contributed by atoms with E-state index in [0.717, 1.165) is 25.5 Å². The van der Waals surface area contributed by atoms with Crippen molar-refractivity contribution in [2.45, 2.75) is 12.8 Å². The van der Waals surface area contributed by atoms with Crippen LogP contribution in [0.2, 0.25) is 0 Å². The predicted molar refractivity (Wildman–Crippen MR) is 67.4 cm³/mol. The van der Waals surface area contributed by atoms with Gasteiger partial charge in [0.25, 0.3) is 0 Å². The number of aromatic nitrogens is 2. The molecular weight excluding hydrogens is 216 g/mol. The van der Waals surface area contributed by atoms with E-state index in [0.29, 0.717) is 11.8 Å². The number of ether oxygens (including phenoxy) is 1. The van der Waals surface area contributed by atoms with Crippen molar-refractivity contribution in [1.82, 2.24) is 15.3 Å². The Morgan fingerprint density at radius 1 is 1.53 bits per heavy atom. The Kier molecular flexibility index (Phi) is 4.14. The number of nitrogens with one attached hydrogen (secondary N) is 1. The molecule has 5 nitrogen and oxygen atoms in total. The summed E-state index contributed by atoms with van der Waals surface area (Å²) in [6.07, 6.45) is 5.95. The standard InChI is InChI=1S/C12H20N4O/c1-13-6-10-4-3-5-16(9-10)11-7-14-8-12(15-11)17-2/h7-8,10,13H,3-6,9H2,1-2H3. The van der Waals surface area contributed by atoms with E-state index in [1.165, 1.54) is 12.8 Å². The van der Waals surface area contributed by atoms with E-state index in [2.05, 4.69) is 20.2 Å². The Bertz CT molecular complexity index is 356. The zero-order valence-electron chi connectivity index (χ0n) is 10.5. The molecule has 1 aliphatic heterocycles. The molecule has 0 saturated carbocycles.